The zero-order valence-electron chi connectivity index (χ0n) is 18.9. The highest BCUT2D eigenvalue weighted by molar-refractivity contribution is 6.12. The SMILES string of the molecule is Cc1ccc(C(=O)COC(=O)c2cccc(NC(=O)c3cc(=O)[nH]c4ccccc34)c2)cc1[N+](=O)[O-]. The molecule has 0 fully saturated rings. The number of anilines is 1. The number of nitro groups is 1. The van der Waals surface area contributed by atoms with Crippen LogP contribution in [0.3, 0.4) is 0 Å². The minimum absolute atomic E-state index is 0.0474. The number of aromatic nitrogens is 1. The lowest BCUT2D eigenvalue weighted by molar-refractivity contribution is -0.385. The van der Waals surface area contributed by atoms with Gasteiger partial charge in [-0.05, 0) is 31.2 Å². The van der Waals surface area contributed by atoms with Crippen molar-refractivity contribution in [1.82, 2.24) is 4.98 Å². The monoisotopic (exact) mass is 485 g/mol. The van der Waals surface area contributed by atoms with E-state index >= 15 is 0 Å². The first-order valence-corrected chi connectivity index (χ1v) is 10.7. The van der Waals surface area contributed by atoms with Crippen molar-refractivity contribution in [3.8, 4) is 0 Å². The first-order valence-electron chi connectivity index (χ1n) is 10.7. The number of H-pyrrole nitrogens is 1. The van der Waals surface area contributed by atoms with E-state index in [0.29, 0.717) is 16.5 Å². The van der Waals surface area contributed by atoms with Gasteiger partial charge in [-0.1, -0.05) is 36.4 Å². The standard InChI is InChI=1S/C26H19N3O7/c1-15-9-10-16(12-22(15)29(34)35)23(30)14-36-26(33)17-5-4-6-18(11-17)27-25(32)20-13-24(31)28-21-8-3-2-7-19(20)21/h2-13H,14H2,1H3,(H,27,32)(H,28,31). The first kappa shape index (κ1) is 24.0. The third kappa shape index (κ3) is 5.17. The number of carbonyl (C=O) groups excluding carboxylic acids is 3. The van der Waals surface area contributed by atoms with E-state index in [4.69, 9.17) is 4.74 Å². The molecule has 0 aliphatic rings. The Morgan fingerprint density at radius 1 is 0.972 bits per heavy atom. The fraction of sp³-hybridized carbons (Fsp3) is 0.0769. The summed E-state index contributed by atoms with van der Waals surface area (Å²) in [5.74, 6) is -1.96. The highest BCUT2D eigenvalue weighted by Gasteiger charge is 2.18. The number of carbonyl (C=O) groups is 3. The molecule has 10 heteroatoms. The zero-order valence-corrected chi connectivity index (χ0v) is 18.9. The molecule has 4 rings (SSSR count). The Bertz CT molecular complexity index is 1590. The van der Waals surface area contributed by atoms with Gasteiger partial charge in [-0.3, -0.25) is 24.5 Å². The minimum atomic E-state index is -0.817. The van der Waals surface area contributed by atoms with Crippen molar-refractivity contribution in [2.75, 3.05) is 11.9 Å². The number of aromatic amines is 1. The number of nitro benzene ring substituents is 1. The van der Waals surface area contributed by atoms with Crippen LogP contribution in [0.25, 0.3) is 10.9 Å². The van der Waals surface area contributed by atoms with E-state index in [9.17, 15) is 29.3 Å². The molecule has 3 aromatic carbocycles. The number of fused-ring (bicyclic) bond motifs is 1. The molecule has 0 aliphatic carbocycles. The highest BCUT2D eigenvalue weighted by atomic mass is 16.6. The molecule has 10 nitrogen and oxygen atoms in total. The van der Waals surface area contributed by atoms with Gasteiger partial charge in [0.1, 0.15) is 0 Å². The summed E-state index contributed by atoms with van der Waals surface area (Å²) in [4.78, 5) is 62.8. The van der Waals surface area contributed by atoms with Crippen LogP contribution in [0.2, 0.25) is 0 Å². The van der Waals surface area contributed by atoms with Gasteiger partial charge in [-0.2, -0.15) is 0 Å². The number of pyridine rings is 1. The van der Waals surface area contributed by atoms with E-state index in [0.717, 1.165) is 6.07 Å². The van der Waals surface area contributed by atoms with Crippen molar-refractivity contribution in [3.63, 3.8) is 0 Å². The van der Waals surface area contributed by atoms with Crippen LogP contribution >= 0.6 is 0 Å². The van der Waals surface area contributed by atoms with Crippen molar-refractivity contribution < 1.29 is 24.0 Å². The molecular formula is C26H19N3O7. The van der Waals surface area contributed by atoms with Gasteiger partial charge >= 0.3 is 5.97 Å². The van der Waals surface area contributed by atoms with E-state index in [2.05, 4.69) is 10.3 Å². The molecule has 1 heterocycles. The maximum absolute atomic E-state index is 12.9. The summed E-state index contributed by atoms with van der Waals surface area (Å²) in [6, 6.07) is 18.0. The number of para-hydroxylation sites is 1. The Morgan fingerprint density at radius 2 is 1.75 bits per heavy atom. The molecule has 0 aliphatic heterocycles. The number of hydrogen-bond acceptors (Lipinski definition) is 7. The number of hydrogen-bond donors (Lipinski definition) is 2. The number of ketones is 1. The summed E-state index contributed by atoms with van der Waals surface area (Å²) >= 11 is 0. The van der Waals surface area contributed by atoms with Gasteiger partial charge in [-0.15, -0.1) is 0 Å². The van der Waals surface area contributed by atoms with Gasteiger partial charge in [0.2, 0.25) is 11.3 Å². The molecule has 0 radical (unpaired) electrons. The molecule has 0 bridgehead atoms. The number of ether oxygens (including phenoxy) is 1. The number of benzene rings is 3. The molecule has 0 atom stereocenters. The van der Waals surface area contributed by atoms with E-state index in [1.165, 1.54) is 36.4 Å². The molecule has 0 saturated heterocycles. The number of nitrogens with zero attached hydrogens (tertiary/aromatic N) is 1. The molecule has 180 valence electrons. The van der Waals surface area contributed by atoms with E-state index in [-0.39, 0.29) is 28.1 Å². The maximum Gasteiger partial charge on any atom is 0.338 e. The topological polar surface area (TPSA) is 148 Å². The Balaban J connectivity index is 1.46. The second-order valence-corrected chi connectivity index (χ2v) is 7.89. The fourth-order valence-electron chi connectivity index (χ4n) is 3.59. The van der Waals surface area contributed by atoms with Crippen LogP contribution in [0.5, 0.6) is 0 Å². The molecule has 1 amide bonds. The maximum atomic E-state index is 12.9. The lowest BCUT2D eigenvalue weighted by Gasteiger charge is -2.09. The molecule has 36 heavy (non-hydrogen) atoms. The van der Waals surface area contributed by atoms with Crippen LogP contribution in [0.15, 0.2) is 77.6 Å². The lowest BCUT2D eigenvalue weighted by atomic mass is 10.1. The molecule has 2 N–H and O–H groups in total. The Morgan fingerprint density at radius 3 is 2.53 bits per heavy atom. The number of nitrogens with one attached hydrogen (secondary N) is 2. The smallest absolute Gasteiger partial charge is 0.338 e. The van der Waals surface area contributed by atoms with Gasteiger partial charge in [0.15, 0.2) is 6.61 Å². The van der Waals surface area contributed by atoms with Crippen LogP contribution in [0.1, 0.15) is 36.6 Å². The van der Waals surface area contributed by atoms with Crippen molar-refractivity contribution in [1.29, 1.82) is 0 Å². The third-order valence-corrected chi connectivity index (χ3v) is 5.41. The van der Waals surface area contributed by atoms with Crippen LogP contribution < -0.4 is 10.9 Å². The average molecular weight is 485 g/mol. The number of rotatable bonds is 7. The van der Waals surface area contributed by atoms with E-state index in [1.54, 1.807) is 37.3 Å². The van der Waals surface area contributed by atoms with Crippen LogP contribution in [0.4, 0.5) is 11.4 Å². The second kappa shape index (κ2) is 10.0. The van der Waals surface area contributed by atoms with Crippen LogP contribution in [-0.2, 0) is 4.74 Å². The second-order valence-electron chi connectivity index (χ2n) is 7.89. The third-order valence-electron chi connectivity index (χ3n) is 5.41. The Kier molecular flexibility index (Phi) is 6.68. The van der Waals surface area contributed by atoms with Crippen molar-refractivity contribution in [2.24, 2.45) is 0 Å². The number of Topliss-reactive ketones (excluding diaryl/α,β-unsaturated/α-hetero) is 1. The van der Waals surface area contributed by atoms with Gasteiger partial charge in [0.05, 0.1) is 16.1 Å². The fourth-order valence-corrected chi connectivity index (χ4v) is 3.59. The number of amides is 1. The van der Waals surface area contributed by atoms with Crippen LogP contribution in [-0.4, -0.2) is 34.2 Å². The summed E-state index contributed by atoms with van der Waals surface area (Å²) in [7, 11) is 0. The molecule has 0 spiro atoms. The molecule has 0 saturated carbocycles. The summed E-state index contributed by atoms with van der Waals surface area (Å²) in [6.45, 7) is 0.935. The van der Waals surface area contributed by atoms with E-state index in [1.807, 2.05) is 0 Å². The summed E-state index contributed by atoms with van der Waals surface area (Å²) in [6.07, 6.45) is 0. The van der Waals surface area contributed by atoms with Gasteiger partial charge in [-0.25, -0.2) is 4.79 Å². The predicted molar refractivity (Wildman–Crippen MR) is 131 cm³/mol. The average Bonchev–Trinajstić information content (AvgIpc) is 2.86. The predicted octanol–water partition coefficient (Wildman–Crippen LogP) is 4.04. The summed E-state index contributed by atoms with van der Waals surface area (Å²) in [5.41, 5.74) is 0.844. The van der Waals surface area contributed by atoms with Crippen LogP contribution in [0, 0.1) is 17.0 Å². The Labute approximate surface area is 203 Å². The molecule has 1 aromatic heterocycles. The van der Waals surface area contributed by atoms with Crippen molar-refractivity contribution in [2.45, 2.75) is 6.92 Å². The normalized spacial score (nSPS) is 10.6. The van der Waals surface area contributed by atoms with Gasteiger partial charge < -0.3 is 15.0 Å². The zero-order chi connectivity index (χ0) is 25.8. The number of esters is 1. The minimum Gasteiger partial charge on any atom is -0.454 e. The summed E-state index contributed by atoms with van der Waals surface area (Å²) < 4.78 is 5.08. The van der Waals surface area contributed by atoms with E-state index < -0.39 is 34.7 Å². The first-order chi connectivity index (χ1) is 17.2. The molecule has 0 unspecified atom stereocenters. The number of aryl methyl sites for hydroxylation is 1. The van der Waals surface area contributed by atoms with Crippen molar-refractivity contribution in [3.05, 3.63) is 116 Å². The lowest BCUT2D eigenvalue weighted by Crippen LogP contribution is -2.17. The van der Waals surface area contributed by atoms with Gasteiger partial charge in [0.25, 0.3) is 11.6 Å². The quantitative estimate of drug-likeness (QED) is 0.174. The molecule has 4 aromatic rings. The summed E-state index contributed by atoms with van der Waals surface area (Å²) in [5, 5.41) is 14.3. The highest BCUT2D eigenvalue weighted by Crippen LogP contribution is 2.20. The molecular weight excluding hydrogens is 466 g/mol. The van der Waals surface area contributed by atoms with Crippen molar-refractivity contribution >= 4 is 39.9 Å². The largest absolute Gasteiger partial charge is 0.454 e. The Hall–Kier alpha value is -5.12. The van der Waals surface area contributed by atoms with Gasteiger partial charge in [0, 0.05) is 39.8 Å².